The largest absolute Gasteiger partial charge is 0.385 e. The van der Waals surface area contributed by atoms with E-state index in [0.717, 1.165) is 25.1 Å². The highest BCUT2D eigenvalue weighted by Gasteiger charge is 1.98. The summed E-state index contributed by atoms with van der Waals surface area (Å²) in [4.78, 5) is 0. The first kappa shape index (κ1) is 16.0. The fourth-order valence-corrected chi connectivity index (χ4v) is 2.87. The lowest BCUT2D eigenvalue weighted by Gasteiger charge is -2.08. The van der Waals surface area contributed by atoms with Crippen molar-refractivity contribution in [1.29, 1.82) is 0 Å². The Kier molecular flexibility index (Phi) is 6.68. The molecule has 2 aromatic carbocycles. The van der Waals surface area contributed by atoms with Crippen LogP contribution in [0.2, 0.25) is 0 Å². The summed E-state index contributed by atoms with van der Waals surface area (Å²) in [5, 5.41) is 4.20. The first-order chi connectivity index (χ1) is 10.2. The molecule has 0 unspecified atom stereocenters. The maximum Gasteiger partial charge on any atom is 0.0340 e. The van der Waals surface area contributed by atoms with Gasteiger partial charge in [0.15, 0.2) is 0 Å². The number of hydrogen-bond acceptors (Lipinski definition) is 2. The van der Waals surface area contributed by atoms with Crippen LogP contribution >= 0.6 is 11.8 Å². The summed E-state index contributed by atoms with van der Waals surface area (Å²) >= 11 is 1.99. The van der Waals surface area contributed by atoms with Crippen molar-refractivity contribution < 1.29 is 0 Å². The summed E-state index contributed by atoms with van der Waals surface area (Å²) in [6, 6.07) is 19.5. The van der Waals surface area contributed by atoms with Crippen LogP contribution in [0.4, 0.5) is 5.69 Å². The normalized spacial score (nSPS) is 10.8. The van der Waals surface area contributed by atoms with E-state index in [0.29, 0.717) is 5.25 Å². The summed E-state index contributed by atoms with van der Waals surface area (Å²) in [5.41, 5.74) is 4.05. The first-order valence-corrected chi connectivity index (χ1v) is 8.77. The van der Waals surface area contributed by atoms with Crippen LogP contribution in [0.15, 0.2) is 54.6 Å². The van der Waals surface area contributed by atoms with Crippen LogP contribution in [0.25, 0.3) is 0 Å². The van der Waals surface area contributed by atoms with Crippen LogP contribution in [0, 0.1) is 0 Å². The molecule has 112 valence electrons. The maximum absolute atomic E-state index is 3.50. The van der Waals surface area contributed by atoms with Gasteiger partial charge in [-0.3, -0.25) is 0 Å². The quantitative estimate of drug-likeness (QED) is 0.657. The zero-order valence-electron chi connectivity index (χ0n) is 13.0. The summed E-state index contributed by atoms with van der Waals surface area (Å²) in [6.07, 6.45) is 2.30. The Morgan fingerprint density at radius 2 is 1.62 bits per heavy atom. The number of hydrogen-bond donors (Lipinski definition) is 1. The SMILES string of the molecule is CC(C)SCc1ccc(NCCCc2ccccc2)cc1. The molecule has 2 aromatic rings. The number of thioether (sulfide) groups is 1. The van der Waals surface area contributed by atoms with Gasteiger partial charge in [0.05, 0.1) is 0 Å². The lowest BCUT2D eigenvalue weighted by atomic mass is 10.1. The second-order valence-corrected chi connectivity index (χ2v) is 7.14. The van der Waals surface area contributed by atoms with Crippen LogP contribution in [0.5, 0.6) is 0 Å². The van der Waals surface area contributed by atoms with E-state index in [9.17, 15) is 0 Å². The monoisotopic (exact) mass is 299 g/mol. The van der Waals surface area contributed by atoms with Gasteiger partial charge in [-0.25, -0.2) is 0 Å². The molecule has 2 rings (SSSR count). The fraction of sp³-hybridized carbons (Fsp3) is 0.368. The van der Waals surface area contributed by atoms with Crippen molar-refractivity contribution in [1.82, 2.24) is 0 Å². The molecule has 1 N–H and O–H groups in total. The minimum absolute atomic E-state index is 0.695. The number of benzene rings is 2. The van der Waals surface area contributed by atoms with E-state index in [1.807, 2.05) is 11.8 Å². The van der Waals surface area contributed by atoms with E-state index >= 15 is 0 Å². The van der Waals surface area contributed by atoms with Gasteiger partial charge in [0.2, 0.25) is 0 Å². The smallest absolute Gasteiger partial charge is 0.0340 e. The molecule has 0 radical (unpaired) electrons. The average molecular weight is 299 g/mol. The van der Waals surface area contributed by atoms with Crippen LogP contribution in [0.3, 0.4) is 0 Å². The van der Waals surface area contributed by atoms with E-state index in [4.69, 9.17) is 0 Å². The third-order valence-electron chi connectivity index (χ3n) is 3.35. The molecule has 0 saturated carbocycles. The fourth-order valence-electron chi connectivity index (χ4n) is 2.15. The molecule has 0 atom stereocenters. The lowest BCUT2D eigenvalue weighted by molar-refractivity contribution is 0.863. The molecule has 0 fully saturated rings. The van der Waals surface area contributed by atoms with Crippen molar-refractivity contribution in [3.8, 4) is 0 Å². The zero-order chi connectivity index (χ0) is 14.9. The first-order valence-electron chi connectivity index (χ1n) is 7.72. The van der Waals surface area contributed by atoms with Gasteiger partial charge in [-0.2, -0.15) is 11.8 Å². The van der Waals surface area contributed by atoms with E-state index in [2.05, 4.69) is 73.8 Å². The molecule has 0 saturated heterocycles. The number of nitrogens with one attached hydrogen (secondary N) is 1. The minimum atomic E-state index is 0.695. The van der Waals surface area contributed by atoms with Crippen molar-refractivity contribution in [3.63, 3.8) is 0 Å². The molecule has 21 heavy (non-hydrogen) atoms. The predicted molar refractivity (Wildman–Crippen MR) is 96.1 cm³/mol. The Labute approximate surface area is 133 Å². The highest BCUT2D eigenvalue weighted by molar-refractivity contribution is 7.99. The second-order valence-electron chi connectivity index (χ2n) is 5.57. The van der Waals surface area contributed by atoms with Crippen LogP contribution < -0.4 is 5.32 Å². The van der Waals surface area contributed by atoms with Crippen LogP contribution in [-0.2, 0) is 12.2 Å². The topological polar surface area (TPSA) is 12.0 Å². The Balaban J connectivity index is 1.69. The van der Waals surface area contributed by atoms with Gasteiger partial charge < -0.3 is 5.32 Å². The third-order valence-corrected chi connectivity index (χ3v) is 4.52. The number of rotatable bonds is 8. The van der Waals surface area contributed by atoms with Crippen LogP contribution in [-0.4, -0.2) is 11.8 Å². The van der Waals surface area contributed by atoms with Crippen molar-refractivity contribution in [2.24, 2.45) is 0 Å². The molecule has 0 aliphatic rings. The molecule has 2 heteroatoms. The Morgan fingerprint density at radius 1 is 0.905 bits per heavy atom. The Hall–Kier alpha value is -1.41. The summed E-state index contributed by atoms with van der Waals surface area (Å²) < 4.78 is 0. The standard InChI is InChI=1S/C19H25NS/c1-16(2)21-15-18-10-12-19(13-11-18)20-14-6-9-17-7-4-3-5-8-17/h3-5,7-8,10-13,16,20H,6,9,14-15H2,1-2H3. The lowest BCUT2D eigenvalue weighted by Crippen LogP contribution is -2.03. The highest BCUT2D eigenvalue weighted by atomic mass is 32.2. The van der Waals surface area contributed by atoms with E-state index in [-0.39, 0.29) is 0 Å². The van der Waals surface area contributed by atoms with Gasteiger partial charge in [-0.15, -0.1) is 0 Å². The van der Waals surface area contributed by atoms with Gasteiger partial charge in [-0.05, 0) is 41.4 Å². The highest BCUT2D eigenvalue weighted by Crippen LogP contribution is 2.18. The maximum atomic E-state index is 3.50. The molecule has 0 spiro atoms. The predicted octanol–water partition coefficient (Wildman–Crippen LogP) is 5.37. The van der Waals surface area contributed by atoms with Gasteiger partial charge in [0.25, 0.3) is 0 Å². The van der Waals surface area contributed by atoms with Gasteiger partial charge in [-0.1, -0.05) is 56.3 Å². The third kappa shape index (κ3) is 6.26. The van der Waals surface area contributed by atoms with Gasteiger partial charge in [0, 0.05) is 18.0 Å². The Morgan fingerprint density at radius 3 is 2.29 bits per heavy atom. The molecular formula is C19H25NS. The zero-order valence-corrected chi connectivity index (χ0v) is 13.8. The van der Waals surface area contributed by atoms with Crippen molar-refractivity contribution in [2.45, 2.75) is 37.7 Å². The summed E-state index contributed by atoms with van der Waals surface area (Å²) in [6.45, 7) is 5.51. The summed E-state index contributed by atoms with van der Waals surface area (Å²) in [5.74, 6) is 1.10. The molecule has 0 aromatic heterocycles. The summed E-state index contributed by atoms with van der Waals surface area (Å²) in [7, 11) is 0. The van der Waals surface area contributed by atoms with Crippen molar-refractivity contribution >= 4 is 17.4 Å². The van der Waals surface area contributed by atoms with Gasteiger partial charge >= 0.3 is 0 Å². The number of aryl methyl sites for hydroxylation is 1. The Bertz CT molecular complexity index is 505. The van der Waals surface area contributed by atoms with Crippen molar-refractivity contribution in [3.05, 3.63) is 65.7 Å². The molecule has 1 nitrogen and oxygen atoms in total. The molecule has 0 amide bonds. The van der Waals surface area contributed by atoms with Crippen LogP contribution in [0.1, 0.15) is 31.4 Å². The molecule has 0 aliphatic carbocycles. The van der Waals surface area contributed by atoms with E-state index < -0.39 is 0 Å². The van der Waals surface area contributed by atoms with Crippen molar-refractivity contribution in [2.75, 3.05) is 11.9 Å². The molecule has 0 bridgehead atoms. The average Bonchev–Trinajstić information content (AvgIpc) is 2.52. The van der Waals surface area contributed by atoms with Gasteiger partial charge in [0.1, 0.15) is 0 Å². The van der Waals surface area contributed by atoms with E-state index in [1.54, 1.807) is 0 Å². The molecule has 0 heterocycles. The van der Waals surface area contributed by atoms with E-state index in [1.165, 1.54) is 16.8 Å². The minimum Gasteiger partial charge on any atom is -0.385 e. The second kappa shape index (κ2) is 8.78. The molecular weight excluding hydrogens is 274 g/mol. The number of anilines is 1. The molecule has 0 aliphatic heterocycles.